The van der Waals surface area contributed by atoms with Crippen molar-refractivity contribution in [1.82, 2.24) is 19.4 Å². The lowest BCUT2D eigenvalue weighted by Crippen LogP contribution is -2.35. The topological polar surface area (TPSA) is 41.6 Å². The molecule has 1 N–H and O–H groups in total. The van der Waals surface area contributed by atoms with Gasteiger partial charge in [0.05, 0.1) is 21.1 Å². The van der Waals surface area contributed by atoms with Crippen molar-refractivity contribution in [3.8, 4) is 0 Å². The molecule has 0 amide bonds. The van der Waals surface area contributed by atoms with E-state index in [1.165, 1.54) is 0 Å². The molecule has 0 saturated carbocycles. The third kappa shape index (κ3) is 1.29. The molecular formula is C9H13N4+. The first kappa shape index (κ1) is 8.19. The molecule has 0 aromatic carbocycles. The van der Waals surface area contributed by atoms with Crippen molar-refractivity contribution in [2.45, 2.75) is 0 Å². The molecule has 0 aliphatic rings. The van der Waals surface area contributed by atoms with Crippen LogP contribution in [-0.2, 0) is 0 Å². The van der Waals surface area contributed by atoms with Crippen molar-refractivity contribution >= 4 is 16.9 Å². The summed E-state index contributed by atoms with van der Waals surface area (Å²) >= 11 is 0. The molecule has 0 aliphatic heterocycles. The van der Waals surface area contributed by atoms with Crippen molar-refractivity contribution in [2.75, 3.05) is 21.1 Å². The summed E-state index contributed by atoms with van der Waals surface area (Å²) < 4.78 is 0.705. The maximum atomic E-state index is 4.29. The van der Waals surface area contributed by atoms with Gasteiger partial charge >= 0.3 is 0 Å². The zero-order chi connectivity index (χ0) is 9.47. The van der Waals surface area contributed by atoms with Crippen molar-refractivity contribution < 1.29 is 0 Å². The van der Waals surface area contributed by atoms with Crippen LogP contribution in [-0.4, -0.2) is 36.1 Å². The number of hydrogen-bond donors (Lipinski definition) is 1. The van der Waals surface area contributed by atoms with Gasteiger partial charge in [0.25, 0.3) is 0 Å². The number of hydrogen-bond acceptors (Lipinski definition) is 2. The summed E-state index contributed by atoms with van der Waals surface area (Å²) in [4.78, 5) is 11.5. The van der Waals surface area contributed by atoms with Crippen LogP contribution in [0.25, 0.3) is 11.0 Å². The molecule has 13 heavy (non-hydrogen) atoms. The number of fused-ring (bicyclic) bond motifs is 1. The van der Waals surface area contributed by atoms with Gasteiger partial charge in [-0.15, -0.1) is 0 Å². The molecule has 0 unspecified atom stereocenters. The van der Waals surface area contributed by atoms with Gasteiger partial charge in [0.15, 0.2) is 0 Å². The Bertz CT molecular complexity index is 424. The van der Waals surface area contributed by atoms with Crippen LogP contribution < -0.4 is 4.48 Å². The number of H-pyrrole nitrogens is 1. The molecule has 2 aromatic rings. The van der Waals surface area contributed by atoms with Gasteiger partial charge in [-0.3, -0.25) is 4.48 Å². The minimum absolute atomic E-state index is 0.705. The predicted octanol–water partition coefficient (Wildman–Crippen LogP) is 1.15. The van der Waals surface area contributed by atoms with Crippen LogP contribution in [0.15, 0.2) is 18.6 Å². The van der Waals surface area contributed by atoms with Gasteiger partial charge in [-0.1, -0.05) is 0 Å². The third-order valence-corrected chi connectivity index (χ3v) is 1.97. The van der Waals surface area contributed by atoms with E-state index in [1.54, 1.807) is 6.33 Å². The Balaban J connectivity index is 2.75. The maximum Gasteiger partial charge on any atom is 0.239 e. The molecule has 4 nitrogen and oxygen atoms in total. The largest absolute Gasteiger partial charge is 0.346 e. The second-order valence-electron chi connectivity index (χ2n) is 3.95. The zero-order valence-electron chi connectivity index (χ0n) is 8.07. The van der Waals surface area contributed by atoms with Crippen molar-refractivity contribution in [3.05, 3.63) is 18.6 Å². The molecule has 0 radical (unpaired) electrons. The van der Waals surface area contributed by atoms with Gasteiger partial charge in [-0.25, -0.2) is 4.98 Å². The Labute approximate surface area is 76.8 Å². The number of aromatic amines is 1. The highest BCUT2D eigenvalue weighted by molar-refractivity contribution is 5.85. The van der Waals surface area contributed by atoms with E-state index >= 15 is 0 Å². The molecule has 0 saturated heterocycles. The van der Waals surface area contributed by atoms with Crippen LogP contribution in [0, 0.1) is 0 Å². The highest BCUT2D eigenvalue weighted by Crippen LogP contribution is 2.22. The molecule has 68 valence electrons. The molecule has 0 spiro atoms. The Morgan fingerprint density at radius 3 is 2.69 bits per heavy atom. The average molecular weight is 177 g/mol. The van der Waals surface area contributed by atoms with Crippen LogP contribution >= 0.6 is 0 Å². The lowest BCUT2D eigenvalue weighted by molar-refractivity contribution is 0.477. The van der Waals surface area contributed by atoms with Crippen molar-refractivity contribution in [2.24, 2.45) is 0 Å². The van der Waals surface area contributed by atoms with Crippen LogP contribution in [0.4, 0.5) is 5.82 Å². The first-order valence-electron chi connectivity index (χ1n) is 4.19. The standard InChI is InChI=1S/C9H13N4/c1-13(2,3)9-7-4-5-10-8(7)11-6-12-9/h4-6H,1-3H3,(H,10,11,12)/q+1. The first-order valence-corrected chi connectivity index (χ1v) is 4.19. The molecule has 0 bridgehead atoms. The highest BCUT2D eigenvalue weighted by Gasteiger charge is 2.18. The Hall–Kier alpha value is -1.42. The van der Waals surface area contributed by atoms with E-state index in [4.69, 9.17) is 0 Å². The van der Waals surface area contributed by atoms with Gasteiger partial charge in [-0.05, 0) is 6.07 Å². The fourth-order valence-electron chi connectivity index (χ4n) is 1.39. The van der Waals surface area contributed by atoms with Crippen LogP contribution in [0.3, 0.4) is 0 Å². The normalized spacial score (nSPS) is 12.2. The van der Waals surface area contributed by atoms with E-state index in [0.717, 1.165) is 16.9 Å². The van der Waals surface area contributed by atoms with E-state index in [-0.39, 0.29) is 0 Å². The summed E-state index contributed by atoms with van der Waals surface area (Å²) in [5.41, 5.74) is 0.901. The van der Waals surface area contributed by atoms with Gasteiger partial charge < -0.3 is 4.98 Å². The molecule has 2 aromatic heterocycles. The van der Waals surface area contributed by atoms with Crippen LogP contribution in [0.1, 0.15) is 0 Å². The molecule has 2 rings (SSSR count). The van der Waals surface area contributed by atoms with Crippen molar-refractivity contribution in [3.63, 3.8) is 0 Å². The minimum atomic E-state index is 0.705. The summed E-state index contributed by atoms with van der Waals surface area (Å²) in [7, 11) is 6.28. The predicted molar refractivity (Wildman–Crippen MR) is 53.5 cm³/mol. The van der Waals surface area contributed by atoms with Gasteiger partial charge in [0, 0.05) is 6.20 Å². The Morgan fingerprint density at radius 1 is 1.23 bits per heavy atom. The Kier molecular flexibility index (Phi) is 1.60. The summed E-state index contributed by atoms with van der Waals surface area (Å²) in [6.07, 6.45) is 3.48. The van der Waals surface area contributed by atoms with E-state index in [2.05, 4.69) is 36.1 Å². The lowest BCUT2D eigenvalue weighted by Gasteiger charge is -2.21. The van der Waals surface area contributed by atoms with Crippen LogP contribution in [0.5, 0.6) is 0 Å². The zero-order valence-corrected chi connectivity index (χ0v) is 8.07. The second-order valence-corrected chi connectivity index (χ2v) is 3.95. The molecule has 2 heterocycles. The molecular weight excluding hydrogens is 164 g/mol. The number of nitrogens with one attached hydrogen (secondary N) is 1. The quantitative estimate of drug-likeness (QED) is 0.664. The molecule has 4 heteroatoms. The van der Waals surface area contributed by atoms with Crippen molar-refractivity contribution in [1.29, 1.82) is 0 Å². The highest BCUT2D eigenvalue weighted by atomic mass is 15.3. The van der Waals surface area contributed by atoms with Gasteiger partial charge in [0.1, 0.15) is 17.4 Å². The van der Waals surface area contributed by atoms with E-state index in [0.29, 0.717) is 4.48 Å². The number of aromatic nitrogens is 3. The minimum Gasteiger partial charge on any atom is -0.346 e. The average Bonchev–Trinajstić information content (AvgIpc) is 2.48. The van der Waals surface area contributed by atoms with Gasteiger partial charge in [-0.2, -0.15) is 4.98 Å². The van der Waals surface area contributed by atoms with Gasteiger partial charge in [0.2, 0.25) is 5.82 Å². The van der Waals surface area contributed by atoms with E-state index in [9.17, 15) is 0 Å². The molecule has 0 atom stereocenters. The number of quaternary nitrogens is 1. The summed E-state index contributed by atoms with van der Waals surface area (Å²) in [5, 5.41) is 1.09. The summed E-state index contributed by atoms with van der Waals surface area (Å²) in [6, 6.07) is 2.01. The van der Waals surface area contributed by atoms with Crippen LogP contribution in [0.2, 0.25) is 0 Å². The number of rotatable bonds is 1. The Morgan fingerprint density at radius 2 is 2.00 bits per heavy atom. The maximum absolute atomic E-state index is 4.29. The van der Waals surface area contributed by atoms with E-state index < -0.39 is 0 Å². The smallest absolute Gasteiger partial charge is 0.239 e. The fourth-order valence-corrected chi connectivity index (χ4v) is 1.39. The fraction of sp³-hybridized carbons (Fsp3) is 0.333. The number of nitrogens with zero attached hydrogens (tertiary/aromatic N) is 3. The molecule has 0 fully saturated rings. The van der Waals surface area contributed by atoms with E-state index in [1.807, 2.05) is 12.3 Å². The summed E-state index contributed by atoms with van der Waals surface area (Å²) in [6.45, 7) is 0. The summed E-state index contributed by atoms with van der Waals surface area (Å²) in [5.74, 6) is 1.03. The SMILES string of the molecule is C[N+](C)(C)c1ncnc2[nH]ccc12. The molecule has 0 aliphatic carbocycles. The lowest BCUT2D eigenvalue weighted by atomic mass is 10.3. The first-order chi connectivity index (χ1) is 6.09. The third-order valence-electron chi connectivity index (χ3n) is 1.97. The monoisotopic (exact) mass is 177 g/mol. The second kappa shape index (κ2) is 2.53.